The van der Waals surface area contributed by atoms with E-state index in [0.29, 0.717) is 19.3 Å². The predicted octanol–water partition coefficient (Wildman–Crippen LogP) is 15.9. The van der Waals surface area contributed by atoms with Crippen LogP contribution in [-0.2, 0) is 28.6 Å². The lowest BCUT2D eigenvalue weighted by Crippen LogP contribution is -2.30. The van der Waals surface area contributed by atoms with Gasteiger partial charge in [0.05, 0.1) is 0 Å². The molecular formula is C53H90O6. The van der Waals surface area contributed by atoms with E-state index in [1.165, 1.54) is 83.5 Å². The van der Waals surface area contributed by atoms with Crippen molar-refractivity contribution >= 4 is 17.9 Å². The third-order valence-electron chi connectivity index (χ3n) is 10.2. The van der Waals surface area contributed by atoms with Gasteiger partial charge in [-0.15, -0.1) is 0 Å². The molecule has 0 saturated heterocycles. The van der Waals surface area contributed by atoms with Crippen LogP contribution in [0.15, 0.2) is 72.9 Å². The van der Waals surface area contributed by atoms with Crippen molar-refractivity contribution in [2.24, 2.45) is 0 Å². The van der Waals surface area contributed by atoms with Crippen molar-refractivity contribution in [1.82, 2.24) is 0 Å². The molecule has 0 aromatic carbocycles. The van der Waals surface area contributed by atoms with Gasteiger partial charge in [-0.05, 0) is 70.6 Å². The summed E-state index contributed by atoms with van der Waals surface area (Å²) >= 11 is 0. The maximum Gasteiger partial charge on any atom is 0.306 e. The molecule has 0 rings (SSSR count). The number of carbonyl (C=O) groups excluding carboxylic acids is 3. The second-order valence-corrected chi connectivity index (χ2v) is 16.0. The first kappa shape index (κ1) is 55.9. The number of unbranched alkanes of at least 4 members (excludes halogenated alkanes) is 20. The molecule has 1 unspecified atom stereocenters. The quantitative estimate of drug-likeness (QED) is 0.0264. The molecule has 0 aliphatic carbocycles. The maximum atomic E-state index is 12.7. The summed E-state index contributed by atoms with van der Waals surface area (Å²) in [6, 6.07) is 0. The van der Waals surface area contributed by atoms with E-state index in [4.69, 9.17) is 14.2 Å². The monoisotopic (exact) mass is 823 g/mol. The second-order valence-electron chi connectivity index (χ2n) is 16.0. The Labute approximate surface area is 363 Å². The van der Waals surface area contributed by atoms with E-state index in [1.54, 1.807) is 0 Å². The smallest absolute Gasteiger partial charge is 0.306 e. The van der Waals surface area contributed by atoms with Gasteiger partial charge in [0.1, 0.15) is 13.2 Å². The molecule has 0 heterocycles. The van der Waals surface area contributed by atoms with Gasteiger partial charge in [-0.25, -0.2) is 0 Å². The first-order valence-electron chi connectivity index (χ1n) is 24.4. The Morgan fingerprint density at radius 1 is 0.356 bits per heavy atom. The molecule has 0 aromatic heterocycles. The zero-order chi connectivity index (χ0) is 43.0. The lowest BCUT2D eigenvalue weighted by molar-refractivity contribution is -0.167. The van der Waals surface area contributed by atoms with Gasteiger partial charge in [0.15, 0.2) is 6.10 Å². The third-order valence-corrected chi connectivity index (χ3v) is 10.2. The van der Waals surface area contributed by atoms with Crippen molar-refractivity contribution in [2.45, 2.75) is 232 Å². The molecule has 338 valence electrons. The molecule has 59 heavy (non-hydrogen) atoms. The van der Waals surface area contributed by atoms with E-state index < -0.39 is 6.10 Å². The van der Waals surface area contributed by atoms with Crippen molar-refractivity contribution in [1.29, 1.82) is 0 Å². The largest absolute Gasteiger partial charge is 0.462 e. The molecule has 0 amide bonds. The van der Waals surface area contributed by atoms with Gasteiger partial charge in [-0.1, -0.05) is 209 Å². The van der Waals surface area contributed by atoms with E-state index >= 15 is 0 Å². The average molecular weight is 823 g/mol. The van der Waals surface area contributed by atoms with Crippen LogP contribution in [0.1, 0.15) is 226 Å². The van der Waals surface area contributed by atoms with Crippen LogP contribution >= 0.6 is 0 Å². The molecular weight excluding hydrogens is 733 g/mol. The summed E-state index contributed by atoms with van der Waals surface area (Å²) in [5, 5.41) is 0. The first-order valence-corrected chi connectivity index (χ1v) is 24.4. The van der Waals surface area contributed by atoms with Crippen LogP contribution in [0.2, 0.25) is 0 Å². The highest BCUT2D eigenvalue weighted by Crippen LogP contribution is 2.15. The van der Waals surface area contributed by atoms with E-state index in [2.05, 4.69) is 93.7 Å². The summed E-state index contributed by atoms with van der Waals surface area (Å²) in [4.78, 5) is 37.6. The van der Waals surface area contributed by atoms with Gasteiger partial charge < -0.3 is 14.2 Å². The van der Waals surface area contributed by atoms with Crippen LogP contribution in [0.5, 0.6) is 0 Å². The molecule has 0 aliphatic heterocycles. The normalized spacial score (nSPS) is 12.7. The van der Waals surface area contributed by atoms with Crippen molar-refractivity contribution < 1.29 is 28.6 Å². The van der Waals surface area contributed by atoms with E-state index in [9.17, 15) is 14.4 Å². The molecule has 0 N–H and O–H groups in total. The summed E-state index contributed by atoms with van der Waals surface area (Å²) in [7, 11) is 0. The molecule has 0 bridgehead atoms. The molecule has 0 spiro atoms. The third kappa shape index (κ3) is 45.8. The van der Waals surface area contributed by atoms with E-state index in [-0.39, 0.29) is 31.1 Å². The maximum absolute atomic E-state index is 12.7. The Balaban J connectivity index is 4.27. The number of carbonyl (C=O) groups is 3. The van der Waals surface area contributed by atoms with Gasteiger partial charge in [0.25, 0.3) is 0 Å². The number of hydrogen-bond donors (Lipinski definition) is 0. The van der Waals surface area contributed by atoms with Crippen LogP contribution in [0.25, 0.3) is 0 Å². The van der Waals surface area contributed by atoms with Crippen molar-refractivity contribution in [3.63, 3.8) is 0 Å². The number of allylic oxidation sites excluding steroid dienone is 12. The lowest BCUT2D eigenvalue weighted by atomic mass is 10.0. The topological polar surface area (TPSA) is 78.9 Å². The Morgan fingerprint density at radius 3 is 1.03 bits per heavy atom. The average Bonchev–Trinajstić information content (AvgIpc) is 3.23. The molecule has 1 atom stereocenters. The fourth-order valence-electron chi connectivity index (χ4n) is 6.56. The summed E-state index contributed by atoms with van der Waals surface area (Å²) < 4.78 is 16.6. The Bertz CT molecular complexity index is 1130. The molecule has 0 saturated carbocycles. The van der Waals surface area contributed by atoms with Crippen LogP contribution in [0, 0.1) is 0 Å². The fraction of sp³-hybridized carbons (Fsp3) is 0.717. The minimum Gasteiger partial charge on any atom is -0.462 e. The molecule has 0 radical (unpaired) electrons. The van der Waals surface area contributed by atoms with Gasteiger partial charge >= 0.3 is 17.9 Å². The van der Waals surface area contributed by atoms with Crippen LogP contribution < -0.4 is 0 Å². The van der Waals surface area contributed by atoms with Crippen molar-refractivity contribution in [3.05, 3.63) is 72.9 Å². The van der Waals surface area contributed by atoms with Gasteiger partial charge in [-0.2, -0.15) is 0 Å². The minimum atomic E-state index is -0.786. The zero-order valence-corrected chi connectivity index (χ0v) is 38.5. The second kappa shape index (κ2) is 47.5. The highest BCUT2D eigenvalue weighted by Gasteiger charge is 2.19. The molecule has 6 heteroatoms. The minimum absolute atomic E-state index is 0.0889. The molecule has 0 aliphatic rings. The Kier molecular flexibility index (Phi) is 45.0. The summed E-state index contributed by atoms with van der Waals surface area (Å²) in [5.41, 5.74) is 0. The standard InChI is InChI=1S/C53H90O6/c1-4-7-10-13-15-17-19-21-23-24-25-26-27-28-30-31-33-35-37-40-43-46-52(55)58-49-50(48-57-51(54)45-42-39-12-9-6-3)59-53(56)47-44-41-38-36-34-32-29-22-20-18-16-14-11-8-5-2/h7,10,15,17,21,23,25-26,28,30,33,35,50H,4-6,8-9,11-14,16,18-20,22,24,27,29,31-32,34,36-49H2,1-3H3/b10-7-,17-15-,23-21-,26-25-,30-28-,35-33-. The predicted molar refractivity (Wildman–Crippen MR) is 251 cm³/mol. The van der Waals surface area contributed by atoms with Crippen molar-refractivity contribution in [2.75, 3.05) is 13.2 Å². The SMILES string of the molecule is CC/C=C\C/C=C\C/C=C\C/C=C\C/C=C\C/C=C\CCCCC(=O)OCC(COC(=O)CCCCCCC)OC(=O)CCCCCCCCCCCCCCCCC. The Morgan fingerprint density at radius 2 is 0.661 bits per heavy atom. The summed E-state index contributed by atoms with van der Waals surface area (Å²) in [5.74, 6) is -0.947. The zero-order valence-electron chi connectivity index (χ0n) is 38.5. The molecule has 0 fully saturated rings. The van der Waals surface area contributed by atoms with Gasteiger partial charge in [0, 0.05) is 19.3 Å². The highest BCUT2D eigenvalue weighted by atomic mass is 16.6. The van der Waals surface area contributed by atoms with E-state index in [0.717, 1.165) is 103 Å². The number of esters is 3. The lowest BCUT2D eigenvalue weighted by Gasteiger charge is -2.18. The number of ether oxygens (including phenoxy) is 3. The van der Waals surface area contributed by atoms with Gasteiger partial charge in [0.2, 0.25) is 0 Å². The van der Waals surface area contributed by atoms with Gasteiger partial charge in [-0.3, -0.25) is 14.4 Å². The van der Waals surface area contributed by atoms with Crippen LogP contribution in [0.3, 0.4) is 0 Å². The molecule has 6 nitrogen and oxygen atoms in total. The summed E-state index contributed by atoms with van der Waals surface area (Å²) in [6.45, 7) is 6.40. The van der Waals surface area contributed by atoms with E-state index in [1.807, 2.05) is 0 Å². The summed E-state index contributed by atoms with van der Waals surface area (Å²) in [6.07, 6.45) is 59.2. The van der Waals surface area contributed by atoms with Crippen LogP contribution in [0.4, 0.5) is 0 Å². The van der Waals surface area contributed by atoms with Crippen molar-refractivity contribution in [3.8, 4) is 0 Å². The fourth-order valence-corrected chi connectivity index (χ4v) is 6.56. The highest BCUT2D eigenvalue weighted by molar-refractivity contribution is 5.71. The number of rotatable bonds is 43. The Hall–Kier alpha value is -3.15. The number of hydrogen-bond acceptors (Lipinski definition) is 6. The van der Waals surface area contributed by atoms with Crippen LogP contribution in [-0.4, -0.2) is 37.2 Å². The molecule has 0 aromatic rings. The first-order chi connectivity index (χ1) is 29.0.